The summed E-state index contributed by atoms with van der Waals surface area (Å²) in [4.78, 5) is 53.5. The first-order valence-corrected chi connectivity index (χ1v) is 14.5. The minimum absolute atomic E-state index is 0.0284. The van der Waals surface area contributed by atoms with Crippen molar-refractivity contribution in [2.75, 3.05) is 6.61 Å². The van der Waals surface area contributed by atoms with Gasteiger partial charge in [-0.3, -0.25) is 14.4 Å². The van der Waals surface area contributed by atoms with Gasteiger partial charge in [0, 0.05) is 31.1 Å². The quantitative estimate of drug-likeness (QED) is 0.316. The van der Waals surface area contributed by atoms with Crippen molar-refractivity contribution in [3.63, 3.8) is 0 Å². The van der Waals surface area contributed by atoms with E-state index in [-0.39, 0.29) is 25.2 Å². The highest BCUT2D eigenvalue weighted by Crippen LogP contribution is 2.64. The van der Waals surface area contributed by atoms with E-state index in [2.05, 4.69) is 0 Å². The third-order valence-electron chi connectivity index (χ3n) is 9.95. The molecule has 0 radical (unpaired) electrons. The highest BCUT2D eigenvalue weighted by molar-refractivity contribution is 6.24. The van der Waals surface area contributed by atoms with Crippen LogP contribution in [0, 0.1) is 28.6 Å². The number of rotatable bonds is 4. The number of allylic oxidation sites excluding steroid dienone is 1. The molecule has 0 spiro atoms. The van der Waals surface area contributed by atoms with Gasteiger partial charge in [-0.2, -0.15) is 0 Å². The smallest absolute Gasteiger partial charge is 0.338 e. The number of ether oxygens (including phenoxy) is 4. The number of carbonyl (C=O) groups is 4. The number of carbonyl (C=O) groups excluding carboxylic acids is 4. The van der Waals surface area contributed by atoms with Crippen LogP contribution in [0.2, 0.25) is 0 Å². The van der Waals surface area contributed by atoms with Crippen LogP contribution in [0.4, 0.5) is 0 Å². The predicted molar refractivity (Wildman–Crippen MR) is 147 cm³/mol. The van der Waals surface area contributed by atoms with Gasteiger partial charge in [-0.1, -0.05) is 45.9 Å². The van der Waals surface area contributed by atoms with Gasteiger partial charge in [0.1, 0.15) is 12.2 Å². The van der Waals surface area contributed by atoms with Crippen molar-refractivity contribution in [3.8, 4) is 0 Å². The fourth-order valence-electron chi connectivity index (χ4n) is 7.93. The Morgan fingerprint density at radius 2 is 1.71 bits per heavy atom. The third-order valence-corrected chi connectivity index (χ3v) is 10.6. The van der Waals surface area contributed by atoms with Crippen LogP contribution in [0.15, 0.2) is 41.7 Å². The SMILES string of the molecule is CC(=O)OC1=C2C(C)[C@@H](O)CC([C@@H](OC(=O)c3ccccc3)C3[C@](C)(C1=O)C(Cl)C[C@H]1OC[C@@]31OC(C)=O)C2(C)C. The van der Waals surface area contributed by atoms with E-state index in [1.54, 1.807) is 44.2 Å². The summed E-state index contributed by atoms with van der Waals surface area (Å²) in [5.41, 5.74) is -2.96. The van der Waals surface area contributed by atoms with Crippen LogP contribution >= 0.6 is 11.6 Å². The minimum atomic E-state index is -1.51. The number of esters is 3. The summed E-state index contributed by atoms with van der Waals surface area (Å²) in [6, 6.07) is 8.48. The molecular formula is C31H37ClO9. The molecule has 4 unspecified atom stereocenters. The maximum atomic E-state index is 14.8. The van der Waals surface area contributed by atoms with Gasteiger partial charge in [-0.15, -0.1) is 11.6 Å². The molecule has 0 amide bonds. The maximum Gasteiger partial charge on any atom is 0.338 e. The fourth-order valence-corrected chi connectivity index (χ4v) is 8.33. The zero-order valence-corrected chi connectivity index (χ0v) is 24.9. The second-order valence-electron chi connectivity index (χ2n) is 12.6. The summed E-state index contributed by atoms with van der Waals surface area (Å²) >= 11 is 7.06. The second kappa shape index (κ2) is 10.2. The number of hydrogen-bond acceptors (Lipinski definition) is 9. The number of aliphatic hydroxyl groups is 1. The van der Waals surface area contributed by atoms with Gasteiger partial charge in [-0.05, 0) is 36.0 Å². The zero-order valence-electron chi connectivity index (χ0n) is 24.1. The number of Topliss-reactive ketones (excluding diaryl/α,β-unsaturated/α-hetero) is 1. The van der Waals surface area contributed by atoms with E-state index in [4.69, 9.17) is 30.5 Å². The molecule has 2 bridgehead atoms. The van der Waals surface area contributed by atoms with E-state index < -0.39 is 81.6 Å². The van der Waals surface area contributed by atoms with Crippen molar-refractivity contribution in [2.24, 2.45) is 28.6 Å². The lowest BCUT2D eigenvalue weighted by atomic mass is 9.47. The first-order chi connectivity index (χ1) is 19.2. The Morgan fingerprint density at radius 1 is 1.05 bits per heavy atom. The molecule has 1 saturated heterocycles. The van der Waals surface area contributed by atoms with Crippen LogP contribution in [0.25, 0.3) is 0 Å². The van der Waals surface area contributed by atoms with E-state index in [0.717, 1.165) is 0 Å². The summed E-state index contributed by atoms with van der Waals surface area (Å²) in [5.74, 6) is -4.68. The van der Waals surface area contributed by atoms with E-state index in [9.17, 15) is 24.3 Å². The zero-order chi connectivity index (χ0) is 30.1. The fraction of sp³-hybridized carbons (Fsp3) is 0.613. The van der Waals surface area contributed by atoms with Crippen molar-refractivity contribution in [1.29, 1.82) is 0 Å². The van der Waals surface area contributed by atoms with Gasteiger partial charge in [0.05, 0.1) is 29.6 Å². The summed E-state index contributed by atoms with van der Waals surface area (Å²) in [6.07, 6.45) is -2.21. The number of benzene rings is 1. The largest absolute Gasteiger partial charge is 0.458 e. The molecule has 10 heteroatoms. The molecule has 4 aliphatic rings. The molecule has 3 aliphatic carbocycles. The number of alkyl halides is 1. The summed E-state index contributed by atoms with van der Waals surface area (Å²) in [5, 5.41) is 10.5. The predicted octanol–water partition coefficient (Wildman–Crippen LogP) is 3.99. The summed E-state index contributed by atoms with van der Waals surface area (Å²) in [6.45, 7) is 9.71. The summed E-state index contributed by atoms with van der Waals surface area (Å²) in [7, 11) is 0. The van der Waals surface area contributed by atoms with Gasteiger partial charge in [0.2, 0.25) is 5.78 Å². The van der Waals surface area contributed by atoms with Crippen molar-refractivity contribution in [1.82, 2.24) is 0 Å². The third kappa shape index (κ3) is 4.43. The molecule has 1 aliphatic heterocycles. The van der Waals surface area contributed by atoms with E-state index in [1.165, 1.54) is 13.8 Å². The van der Waals surface area contributed by atoms with Crippen LogP contribution in [-0.2, 0) is 33.3 Å². The molecule has 41 heavy (non-hydrogen) atoms. The average molecular weight is 589 g/mol. The van der Waals surface area contributed by atoms with Crippen LogP contribution < -0.4 is 0 Å². The average Bonchev–Trinajstić information content (AvgIpc) is 2.89. The highest BCUT2D eigenvalue weighted by Gasteiger charge is 2.75. The Kier molecular flexibility index (Phi) is 7.40. The van der Waals surface area contributed by atoms with Gasteiger partial charge in [0.25, 0.3) is 0 Å². The lowest BCUT2D eigenvalue weighted by Crippen LogP contribution is -2.78. The number of fused-ring (bicyclic) bond motifs is 5. The lowest BCUT2D eigenvalue weighted by molar-refractivity contribution is -0.319. The normalized spacial score (nSPS) is 39.2. The lowest BCUT2D eigenvalue weighted by Gasteiger charge is -2.65. The summed E-state index contributed by atoms with van der Waals surface area (Å²) < 4.78 is 24.0. The van der Waals surface area contributed by atoms with Crippen LogP contribution in [0.5, 0.6) is 0 Å². The molecule has 222 valence electrons. The monoisotopic (exact) mass is 588 g/mol. The molecule has 3 fully saturated rings. The maximum absolute atomic E-state index is 14.8. The Bertz CT molecular complexity index is 1310. The standard InChI is InChI=1S/C31H37ClO9/c1-15-20(35)12-19-24(40-28(37)18-10-8-7-9-11-18)26-30(6,21(32)13-22-31(26,14-38-22)41-17(3)34)27(36)25(39-16(2)33)23(15)29(19,4)5/h7-11,15,19-22,24,26,35H,12-14H2,1-6H3/t15?,19?,20-,21?,22+,24+,26?,30+,31-/m0/s1. The molecule has 9 atom stereocenters. The first-order valence-electron chi connectivity index (χ1n) is 14.0. The number of aliphatic hydroxyl groups excluding tert-OH is 1. The molecule has 1 aromatic rings. The van der Waals surface area contributed by atoms with Gasteiger partial charge in [0.15, 0.2) is 11.4 Å². The Hall–Kier alpha value is -2.75. The van der Waals surface area contributed by atoms with Crippen molar-refractivity contribution >= 4 is 35.3 Å². The first kappa shape index (κ1) is 29.7. The van der Waals surface area contributed by atoms with Crippen molar-refractivity contribution in [3.05, 3.63) is 47.2 Å². The van der Waals surface area contributed by atoms with Crippen molar-refractivity contribution < 1.29 is 43.2 Å². The molecule has 9 nitrogen and oxygen atoms in total. The molecule has 2 saturated carbocycles. The van der Waals surface area contributed by atoms with Gasteiger partial charge in [-0.25, -0.2) is 4.79 Å². The van der Waals surface area contributed by atoms with Gasteiger partial charge < -0.3 is 24.1 Å². The number of hydrogen-bond donors (Lipinski definition) is 1. The van der Waals surface area contributed by atoms with Crippen LogP contribution in [0.1, 0.15) is 64.7 Å². The van der Waals surface area contributed by atoms with Gasteiger partial charge >= 0.3 is 17.9 Å². The Balaban J connectivity index is 1.81. The van der Waals surface area contributed by atoms with Crippen LogP contribution in [0.3, 0.4) is 0 Å². The molecule has 1 N–H and O–H groups in total. The number of ketones is 1. The molecule has 1 aromatic carbocycles. The van der Waals surface area contributed by atoms with Crippen molar-refractivity contribution in [2.45, 2.75) is 83.7 Å². The van der Waals surface area contributed by atoms with Crippen LogP contribution in [-0.4, -0.2) is 64.7 Å². The Labute approximate surface area is 244 Å². The topological polar surface area (TPSA) is 125 Å². The van der Waals surface area contributed by atoms with E-state index in [0.29, 0.717) is 11.1 Å². The molecule has 5 rings (SSSR count). The molecule has 0 aromatic heterocycles. The Morgan fingerprint density at radius 3 is 2.27 bits per heavy atom. The highest BCUT2D eigenvalue weighted by atomic mass is 35.5. The second-order valence-corrected chi connectivity index (χ2v) is 13.2. The molecular weight excluding hydrogens is 552 g/mol. The molecule has 1 heterocycles. The minimum Gasteiger partial charge on any atom is -0.458 e. The van der Waals surface area contributed by atoms with E-state index >= 15 is 0 Å². The number of halogens is 1. The van der Waals surface area contributed by atoms with E-state index in [1.807, 2.05) is 13.8 Å².